The lowest BCUT2D eigenvalue weighted by Gasteiger charge is -2.37. The minimum Gasteiger partial charge on any atom is -0.490 e. The fraction of sp³-hybridized carbons (Fsp3) is 0.500. The molecule has 1 aromatic carbocycles. The summed E-state index contributed by atoms with van der Waals surface area (Å²) < 4.78 is 25.9. The monoisotopic (exact) mass is 341 g/mol. The number of ether oxygens (including phenoxy) is 2. The highest BCUT2D eigenvalue weighted by Crippen LogP contribution is 2.50. The third kappa shape index (κ3) is 2.03. The van der Waals surface area contributed by atoms with Gasteiger partial charge < -0.3 is 9.47 Å². The lowest BCUT2D eigenvalue weighted by Crippen LogP contribution is -2.33. The Balaban J connectivity index is 2.15. The van der Waals surface area contributed by atoms with Gasteiger partial charge in [0.2, 0.25) is 6.08 Å². The van der Waals surface area contributed by atoms with E-state index in [-0.39, 0.29) is 4.47 Å². The van der Waals surface area contributed by atoms with E-state index in [0.717, 1.165) is 12.8 Å². The third-order valence-corrected chi connectivity index (χ3v) is 4.57. The minimum atomic E-state index is -0.793. The second-order valence-corrected chi connectivity index (χ2v) is 5.81. The third-order valence-electron chi connectivity index (χ3n) is 3.86. The van der Waals surface area contributed by atoms with Crippen molar-refractivity contribution in [1.82, 2.24) is 0 Å². The Bertz CT molecular complexity index is 595. The maximum atomic E-state index is 14.6. The number of carbonyl (C=O) groups excluding carboxylic acids is 1. The van der Waals surface area contributed by atoms with E-state index in [1.165, 1.54) is 0 Å². The van der Waals surface area contributed by atoms with E-state index in [1.54, 1.807) is 12.1 Å². The van der Waals surface area contributed by atoms with E-state index in [2.05, 4.69) is 20.9 Å². The number of benzene rings is 1. The van der Waals surface area contributed by atoms with Gasteiger partial charge in [-0.3, -0.25) is 0 Å². The summed E-state index contributed by atoms with van der Waals surface area (Å²) in [5.41, 5.74) is -0.415. The molecule has 1 fully saturated rings. The van der Waals surface area contributed by atoms with Crippen LogP contribution in [0, 0.1) is 5.82 Å². The molecule has 1 aromatic rings. The first-order chi connectivity index (χ1) is 9.68. The van der Waals surface area contributed by atoms with Gasteiger partial charge in [0, 0.05) is 12.0 Å². The SMILES string of the molecule is O=C=NC1(c2cc3c(c(Br)c2F)OCCCO3)CCC1. The number of isocyanates is 1. The second kappa shape index (κ2) is 5.19. The van der Waals surface area contributed by atoms with Crippen molar-refractivity contribution in [2.24, 2.45) is 4.99 Å². The van der Waals surface area contributed by atoms with Gasteiger partial charge in [-0.1, -0.05) is 0 Å². The number of rotatable bonds is 2. The van der Waals surface area contributed by atoms with Crippen molar-refractivity contribution < 1.29 is 18.7 Å². The Morgan fingerprint density at radius 3 is 2.70 bits per heavy atom. The fourth-order valence-corrected chi connectivity index (χ4v) is 3.15. The van der Waals surface area contributed by atoms with Crippen LogP contribution in [0.15, 0.2) is 15.5 Å². The van der Waals surface area contributed by atoms with Gasteiger partial charge in [0.05, 0.1) is 17.7 Å². The van der Waals surface area contributed by atoms with Crippen LogP contribution in [0.5, 0.6) is 11.5 Å². The largest absolute Gasteiger partial charge is 0.490 e. The summed E-state index contributed by atoms with van der Waals surface area (Å²) in [6.07, 6.45) is 4.52. The van der Waals surface area contributed by atoms with E-state index in [1.807, 2.05) is 0 Å². The van der Waals surface area contributed by atoms with E-state index < -0.39 is 11.4 Å². The average Bonchev–Trinajstić information content (AvgIpc) is 2.64. The molecular weight excluding hydrogens is 329 g/mol. The molecule has 0 aromatic heterocycles. The smallest absolute Gasteiger partial charge is 0.235 e. The second-order valence-electron chi connectivity index (χ2n) is 5.02. The number of hydrogen-bond acceptors (Lipinski definition) is 4. The average molecular weight is 342 g/mol. The highest BCUT2D eigenvalue weighted by molar-refractivity contribution is 9.10. The van der Waals surface area contributed by atoms with Crippen LogP contribution in [0.4, 0.5) is 4.39 Å². The standard InChI is InChI=1S/C14H13BrFNO3/c15-11-12(16)9(14(17-8-18)3-1-4-14)7-10-13(11)20-6-2-5-19-10/h7H,1-6H2. The van der Waals surface area contributed by atoms with Crippen LogP contribution in [0.3, 0.4) is 0 Å². The maximum absolute atomic E-state index is 14.6. The van der Waals surface area contributed by atoms with Gasteiger partial charge >= 0.3 is 0 Å². The molecule has 0 atom stereocenters. The first kappa shape index (κ1) is 13.6. The summed E-state index contributed by atoms with van der Waals surface area (Å²) in [5.74, 6) is 0.444. The molecule has 3 rings (SSSR count). The van der Waals surface area contributed by atoms with Crippen LogP contribution in [0.2, 0.25) is 0 Å². The predicted molar refractivity (Wildman–Crippen MR) is 73.4 cm³/mol. The molecule has 0 amide bonds. The molecule has 4 nitrogen and oxygen atoms in total. The Labute approximate surface area is 124 Å². The van der Waals surface area contributed by atoms with Crippen LogP contribution in [0.1, 0.15) is 31.2 Å². The molecule has 20 heavy (non-hydrogen) atoms. The zero-order valence-electron chi connectivity index (χ0n) is 10.7. The Hall–Kier alpha value is -1.39. The lowest BCUT2D eigenvalue weighted by molar-refractivity contribution is 0.244. The van der Waals surface area contributed by atoms with Gasteiger partial charge in [-0.15, -0.1) is 0 Å². The molecule has 0 unspecified atom stereocenters. The van der Waals surface area contributed by atoms with Crippen LogP contribution in [-0.4, -0.2) is 19.3 Å². The fourth-order valence-electron chi connectivity index (χ4n) is 2.62. The lowest BCUT2D eigenvalue weighted by atomic mass is 9.72. The molecular formula is C14H13BrFNO3. The van der Waals surface area contributed by atoms with Gasteiger partial charge in [0.1, 0.15) is 11.4 Å². The van der Waals surface area contributed by atoms with Gasteiger partial charge in [0.25, 0.3) is 0 Å². The maximum Gasteiger partial charge on any atom is 0.235 e. The molecule has 2 aliphatic rings. The van der Waals surface area contributed by atoms with Crippen molar-refractivity contribution in [2.45, 2.75) is 31.2 Å². The number of aliphatic imine (C=N–C) groups is 1. The van der Waals surface area contributed by atoms with E-state index >= 15 is 0 Å². The first-order valence-electron chi connectivity index (χ1n) is 6.55. The van der Waals surface area contributed by atoms with Crippen molar-refractivity contribution in [2.75, 3.05) is 13.2 Å². The van der Waals surface area contributed by atoms with Crippen molar-refractivity contribution >= 4 is 22.0 Å². The Morgan fingerprint density at radius 1 is 1.30 bits per heavy atom. The summed E-state index contributed by atoms with van der Waals surface area (Å²) in [5, 5.41) is 0. The molecule has 6 heteroatoms. The molecule has 0 bridgehead atoms. The molecule has 106 valence electrons. The molecule has 1 aliphatic heterocycles. The summed E-state index contributed by atoms with van der Waals surface area (Å²) >= 11 is 3.23. The molecule has 1 heterocycles. The minimum absolute atomic E-state index is 0.235. The summed E-state index contributed by atoms with van der Waals surface area (Å²) in [6.45, 7) is 1.01. The molecule has 0 spiro atoms. The highest BCUT2D eigenvalue weighted by Gasteiger charge is 2.42. The normalized spacial score (nSPS) is 19.5. The van der Waals surface area contributed by atoms with Crippen LogP contribution in [0.25, 0.3) is 0 Å². The zero-order valence-corrected chi connectivity index (χ0v) is 12.3. The Morgan fingerprint density at radius 2 is 2.05 bits per heavy atom. The van der Waals surface area contributed by atoms with Gasteiger partial charge in [0.15, 0.2) is 11.5 Å². The van der Waals surface area contributed by atoms with Crippen molar-refractivity contribution in [1.29, 1.82) is 0 Å². The van der Waals surface area contributed by atoms with E-state index in [0.29, 0.717) is 43.1 Å². The Kier molecular flexibility index (Phi) is 3.52. The van der Waals surface area contributed by atoms with Crippen molar-refractivity contribution in [3.63, 3.8) is 0 Å². The molecule has 0 saturated heterocycles. The number of halogens is 2. The van der Waals surface area contributed by atoms with Crippen LogP contribution >= 0.6 is 15.9 Å². The number of hydrogen-bond donors (Lipinski definition) is 0. The molecule has 0 N–H and O–H groups in total. The van der Waals surface area contributed by atoms with Crippen LogP contribution in [-0.2, 0) is 10.3 Å². The highest BCUT2D eigenvalue weighted by atomic mass is 79.9. The number of nitrogens with zero attached hydrogens (tertiary/aromatic N) is 1. The number of fused-ring (bicyclic) bond motifs is 1. The molecule has 0 radical (unpaired) electrons. The summed E-state index contributed by atoms with van der Waals surface area (Å²) in [4.78, 5) is 14.5. The van der Waals surface area contributed by atoms with E-state index in [4.69, 9.17) is 9.47 Å². The zero-order chi connectivity index (χ0) is 14.2. The molecule has 1 saturated carbocycles. The van der Waals surface area contributed by atoms with Crippen molar-refractivity contribution in [3.8, 4) is 11.5 Å². The predicted octanol–water partition coefficient (Wildman–Crippen LogP) is 3.46. The van der Waals surface area contributed by atoms with Gasteiger partial charge in [-0.25, -0.2) is 9.18 Å². The molecule has 1 aliphatic carbocycles. The van der Waals surface area contributed by atoms with Gasteiger partial charge in [-0.2, -0.15) is 4.99 Å². The van der Waals surface area contributed by atoms with Gasteiger partial charge in [-0.05, 0) is 41.3 Å². The van der Waals surface area contributed by atoms with Crippen molar-refractivity contribution in [3.05, 3.63) is 21.9 Å². The first-order valence-corrected chi connectivity index (χ1v) is 7.34. The topological polar surface area (TPSA) is 47.9 Å². The quantitative estimate of drug-likeness (QED) is 0.611. The summed E-state index contributed by atoms with van der Waals surface area (Å²) in [7, 11) is 0. The van der Waals surface area contributed by atoms with Crippen LogP contribution < -0.4 is 9.47 Å². The van der Waals surface area contributed by atoms with E-state index in [9.17, 15) is 9.18 Å². The summed E-state index contributed by atoms with van der Waals surface area (Å²) in [6, 6.07) is 1.61.